The zero-order chi connectivity index (χ0) is 12.0. The molecule has 0 radical (unpaired) electrons. The topological polar surface area (TPSA) is 82.3 Å². The van der Waals surface area contributed by atoms with Crippen molar-refractivity contribution < 1.29 is 9.47 Å². The average Bonchev–Trinajstić information content (AvgIpc) is 2.29. The summed E-state index contributed by atoms with van der Waals surface area (Å²) in [7, 11) is 0. The number of nitrogens with zero attached hydrogens (tertiary/aromatic N) is 2. The summed E-state index contributed by atoms with van der Waals surface area (Å²) in [6.45, 7) is 4.90. The van der Waals surface area contributed by atoms with Crippen LogP contribution in [-0.4, -0.2) is 29.3 Å². The second kappa shape index (κ2) is 6.47. The van der Waals surface area contributed by atoms with Crippen molar-refractivity contribution in [2.24, 2.45) is 5.84 Å². The summed E-state index contributed by atoms with van der Waals surface area (Å²) in [6, 6.07) is 0. The van der Waals surface area contributed by atoms with Crippen LogP contribution in [0.15, 0.2) is 6.20 Å². The molecule has 1 aromatic heterocycles. The Bertz CT molecular complexity index is 337. The van der Waals surface area contributed by atoms with Gasteiger partial charge in [-0.3, -0.25) is 5.43 Å². The summed E-state index contributed by atoms with van der Waals surface area (Å²) in [5, 5.41) is 0.336. The van der Waals surface area contributed by atoms with Crippen LogP contribution in [0.25, 0.3) is 0 Å². The van der Waals surface area contributed by atoms with E-state index < -0.39 is 0 Å². The van der Waals surface area contributed by atoms with Crippen molar-refractivity contribution in [3.8, 4) is 5.88 Å². The van der Waals surface area contributed by atoms with Crippen LogP contribution in [0.3, 0.4) is 0 Å². The summed E-state index contributed by atoms with van der Waals surface area (Å²) >= 11 is 5.87. The number of ether oxygens (including phenoxy) is 2. The molecule has 0 bridgehead atoms. The van der Waals surface area contributed by atoms with E-state index in [0.29, 0.717) is 18.2 Å². The summed E-state index contributed by atoms with van der Waals surface area (Å²) in [5.74, 6) is 5.72. The van der Waals surface area contributed by atoms with Gasteiger partial charge in [-0.2, -0.15) is 4.98 Å². The molecule has 0 saturated carbocycles. The number of aromatic nitrogens is 2. The molecule has 0 aromatic carbocycles. The fraction of sp³-hybridized carbons (Fsp3) is 0.556. The molecule has 16 heavy (non-hydrogen) atoms. The number of nitrogens with two attached hydrogens (primary N) is 1. The smallest absolute Gasteiger partial charge is 0.240 e. The van der Waals surface area contributed by atoms with Crippen LogP contribution in [-0.2, 0) is 4.74 Å². The number of rotatable bonds is 6. The van der Waals surface area contributed by atoms with E-state index in [0.717, 1.165) is 0 Å². The van der Waals surface area contributed by atoms with Crippen LogP contribution >= 0.6 is 11.6 Å². The molecule has 6 nitrogen and oxygen atoms in total. The van der Waals surface area contributed by atoms with Gasteiger partial charge in [-0.1, -0.05) is 11.6 Å². The van der Waals surface area contributed by atoms with Crippen molar-refractivity contribution in [1.82, 2.24) is 9.97 Å². The van der Waals surface area contributed by atoms with E-state index in [1.54, 1.807) is 0 Å². The van der Waals surface area contributed by atoms with Crippen LogP contribution in [0.4, 0.5) is 5.95 Å². The highest BCUT2D eigenvalue weighted by atomic mass is 35.5. The molecule has 1 unspecified atom stereocenters. The summed E-state index contributed by atoms with van der Waals surface area (Å²) in [5.41, 5.74) is 2.32. The van der Waals surface area contributed by atoms with Crippen molar-refractivity contribution in [3.05, 3.63) is 11.2 Å². The highest BCUT2D eigenvalue weighted by Gasteiger charge is 2.10. The Morgan fingerprint density at radius 2 is 2.38 bits per heavy atom. The van der Waals surface area contributed by atoms with Crippen molar-refractivity contribution in [2.45, 2.75) is 20.0 Å². The van der Waals surface area contributed by atoms with E-state index in [9.17, 15) is 0 Å². The molecule has 0 aliphatic carbocycles. The summed E-state index contributed by atoms with van der Waals surface area (Å²) in [6.07, 6.45) is 1.28. The number of hydrazine groups is 1. The maximum absolute atomic E-state index is 5.87. The Labute approximate surface area is 99.1 Å². The van der Waals surface area contributed by atoms with E-state index >= 15 is 0 Å². The van der Waals surface area contributed by atoms with Gasteiger partial charge < -0.3 is 9.47 Å². The van der Waals surface area contributed by atoms with Crippen molar-refractivity contribution >= 4 is 17.5 Å². The third-order valence-corrected chi connectivity index (χ3v) is 1.97. The van der Waals surface area contributed by atoms with Gasteiger partial charge in [0.15, 0.2) is 0 Å². The molecule has 0 aliphatic heterocycles. The van der Waals surface area contributed by atoms with E-state index in [2.05, 4.69) is 15.4 Å². The molecule has 0 spiro atoms. The second-order valence-electron chi connectivity index (χ2n) is 3.08. The first-order valence-corrected chi connectivity index (χ1v) is 5.28. The minimum Gasteiger partial charge on any atom is -0.471 e. The van der Waals surface area contributed by atoms with Gasteiger partial charge in [-0.05, 0) is 13.8 Å². The highest BCUT2D eigenvalue weighted by molar-refractivity contribution is 6.31. The van der Waals surface area contributed by atoms with Gasteiger partial charge in [0.2, 0.25) is 11.8 Å². The lowest BCUT2D eigenvalue weighted by Gasteiger charge is -2.14. The zero-order valence-corrected chi connectivity index (χ0v) is 9.99. The van der Waals surface area contributed by atoms with E-state index in [1.807, 2.05) is 13.8 Å². The van der Waals surface area contributed by atoms with Crippen LogP contribution in [0.1, 0.15) is 13.8 Å². The molecule has 0 saturated heterocycles. The number of hydrogen-bond donors (Lipinski definition) is 2. The molecule has 0 aliphatic rings. The largest absolute Gasteiger partial charge is 0.471 e. The van der Waals surface area contributed by atoms with Gasteiger partial charge in [0, 0.05) is 6.61 Å². The normalized spacial score (nSPS) is 12.2. The first kappa shape index (κ1) is 13.0. The van der Waals surface area contributed by atoms with Gasteiger partial charge in [0.05, 0.1) is 12.8 Å². The zero-order valence-electron chi connectivity index (χ0n) is 9.24. The van der Waals surface area contributed by atoms with Crippen LogP contribution in [0.2, 0.25) is 5.02 Å². The average molecular weight is 247 g/mol. The van der Waals surface area contributed by atoms with Gasteiger partial charge in [-0.25, -0.2) is 10.8 Å². The fourth-order valence-corrected chi connectivity index (χ4v) is 1.15. The Morgan fingerprint density at radius 1 is 1.62 bits per heavy atom. The molecular formula is C9H15ClN4O2. The lowest BCUT2D eigenvalue weighted by molar-refractivity contribution is 0.0634. The molecular weight excluding hydrogens is 232 g/mol. The minimum atomic E-state index is -0.141. The Kier molecular flexibility index (Phi) is 5.24. The van der Waals surface area contributed by atoms with E-state index in [1.165, 1.54) is 6.20 Å². The highest BCUT2D eigenvalue weighted by Crippen LogP contribution is 2.22. The van der Waals surface area contributed by atoms with Gasteiger partial charge in [-0.15, -0.1) is 0 Å². The monoisotopic (exact) mass is 246 g/mol. The van der Waals surface area contributed by atoms with Crippen molar-refractivity contribution in [1.29, 1.82) is 0 Å². The third kappa shape index (κ3) is 3.80. The van der Waals surface area contributed by atoms with Crippen LogP contribution < -0.4 is 16.0 Å². The number of anilines is 1. The number of nitrogens with one attached hydrogen (secondary N) is 1. The Hall–Kier alpha value is -1.11. The standard InChI is InChI=1S/C9H15ClN4O2/c1-3-15-5-6(2)16-8-7(10)4-12-9(13-8)14-11/h4,6H,3,5,11H2,1-2H3,(H,12,13,14). The molecule has 1 rings (SSSR count). The SMILES string of the molecule is CCOCC(C)Oc1nc(NN)ncc1Cl. The van der Waals surface area contributed by atoms with Crippen LogP contribution in [0, 0.1) is 0 Å². The third-order valence-electron chi connectivity index (χ3n) is 1.71. The first-order chi connectivity index (χ1) is 7.67. The maximum Gasteiger partial charge on any atom is 0.240 e. The second-order valence-corrected chi connectivity index (χ2v) is 3.49. The van der Waals surface area contributed by atoms with Gasteiger partial charge in [0.25, 0.3) is 0 Å². The van der Waals surface area contributed by atoms with Gasteiger partial charge >= 0.3 is 0 Å². The van der Waals surface area contributed by atoms with Crippen molar-refractivity contribution in [2.75, 3.05) is 18.6 Å². The molecule has 7 heteroatoms. The number of hydrogen-bond acceptors (Lipinski definition) is 6. The summed E-state index contributed by atoms with van der Waals surface area (Å²) in [4.78, 5) is 7.82. The molecule has 1 atom stereocenters. The molecule has 90 valence electrons. The summed E-state index contributed by atoms with van der Waals surface area (Å²) < 4.78 is 10.7. The molecule has 0 amide bonds. The molecule has 0 fully saturated rings. The van der Waals surface area contributed by atoms with E-state index in [4.69, 9.17) is 26.9 Å². The van der Waals surface area contributed by atoms with E-state index in [-0.39, 0.29) is 17.9 Å². The first-order valence-electron chi connectivity index (χ1n) is 4.91. The minimum absolute atomic E-state index is 0.141. The van der Waals surface area contributed by atoms with Gasteiger partial charge in [0.1, 0.15) is 11.1 Å². The van der Waals surface area contributed by atoms with Crippen molar-refractivity contribution in [3.63, 3.8) is 0 Å². The quantitative estimate of drug-likeness (QED) is 0.580. The maximum atomic E-state index is 5.87. The lowest BCUT2D eigenvalue weighted by Crippen LogP contribution is -2.20. The predicted molar refractivity (Wildman–Crippen MR) is 61.4 cm³/mol. The molecule has 1 heterocycles. The fourth-order valence-electron chi connectivity index (χ4n) is 1.01. The molecule has 1 aromatic rings. The Balaban J connectivity index is 2.64. The van der Waals surface area contributed by atoms with Crippen LogP contribution in [0.5, 0.6) is 5.88 Å². The lowest BCUT2D eigenvalue weighted by atomic mass is 10.4. The molecule has 3 N–H and O–H groups in total. The predicted octanol–water partition coefficient (Wildman–Crippen LogP) is 1.22. The Morgan fingerprint density at radius 3 is 3.00 bits per heavy atom. The number of halogens is 1. The number of nitrogen functional groups attached to an aromatic ring is 1.